The van der Waals surface area contributed by atoms with Gasteiger partial charge >= 0.3 is 0 Å². The molecule has 1 aliphatic rings. The van der Waals surface area contributed by atoms with Gasteiger partial charge in [0.05, 0.1) is 11.7 Å². The van der Waals surface area contributed by atoms with Crippen LogP contribution in [0.1, 0.15) is 5.56 Å². The molecule has 0 aliphatic carbocycles. The van der Waals surface area contributed by atoms with Crippen LogP contribution in [0.3, 0.4) is 0 Å². The molecule has 2 aromatic heterocycles. The topological polar surface area (TPSA) is 71.0 Å². The lowest BCUT2D eigenvalue weighted by Crippen LogP contribution is -2.16. The Labute approximate surface area is 154 Å². The number of hydrogen-bond acceptors (Lipinski definition) is 5. The fourth-order valence-electron chi connectivity index (χ4n) is 3.06. The fourth-order valence-corrected chi connectivity index (χ4v) is 3.22. The first-order valence-corrected chi connectivity index (χ1v) is 8.37. The summed E-state index contributed by atoms with van der Waals surface area (Å²) in [6, 6.07) is 7.64. The average molecular weight is 364 g/mol. The second-order valence-corrected chi connectivity index (χ2v) is 6.23. The standard InChI is InChI=1S/C19H14ClN5O/c1-2-3-18(26)24-17-9-14-15(10-21-17)22-11-23-19(14)25-7-6-12-4-5-13(20)8-16(12)25/h3-5,8-11H,1,6-7H2,(H,21,24,26). The maximum absolute atomic E-state index is 11.7. The molecule has 1 aromatic carbocycles. The predicted octanol–water partition coefficient (Wildman–Crippen LogP) is 3.65. The summed E-state index contributed by atoms with van der Waals surface area (Å²) in [6.07, 6.45) is 5.26. The maximum Gasteiger partial charge on any atom is 0.257 e. The van der Waals surface area contributed by atoms with Gasteiger partial charge < -0.3 is 10.2 Å². The average Bonchev–Trinajstić information content (AvgIpc) is 3.04. The third kappa shape index (κ3) is 2.92. The summed E-state index contributed by atoms with van der Waals surface area (Å²) >= 11 is 6.18. The van der Waals surface area contributed by atoms with E-state index in [9.17, 15) is 4.79 Å². The number of carbonyl (C=O) groups is 1. The van der Waals surface area contributed by atoms with Crippen LogP contribution in [0.25, 0.3) is 10.9 Å². The van der Waals surface area contributed by atoms with Crippen LogP contribution in [-0.4, -0.2) is 27.4 Å². The molecular weight excluding hydrogens is 350 g/mol. The molecule has 0 atom stereocenters. The smallest absolute Gasteiger partial charge is 0.257 e. The van der Waals surface area contributed by atoms with E-state index in [1.54, 1.807) is 12.3 Å². The number of amides is 1. The van der Waals surface area contributed by atoms with Crippen molar-refractivity contribution in [2.24, 2.45) is 0 Å². The van der Waals surface area contributed by atoms with Crippen LogP contribution >= 0.6 is 11.6 Å². The van der Waals surface area contributed by atoms with E-state index in [2.05, 4.69) is 37.5 Å². The number of pyridine rings is 1. The summed E-state index contributed by atoms with van der Waals surface area (Å²) in [4.78, 5) is 26.8. The van der Waals surface area contributed by atoms with E-state index in [1.165, 1.54) is 18.0 Å². The van der Waals surface area contributed by atoms with Crippen molar-refractivity contribution >= 4 is 45.7 Å². The highest BCUT2D eigenvalue weighted by molar-refractivity contribution is 6.31. The summed E-state index contributed by atoms with van der Waals surface area (Å²) < 4.78 is 0. The number of carbonyl (C=O) groups excluding carboxylic acids is 1. The lowest BCUT2D eigenvalue weighted by atomic mass is 10.2. The van der Waals surface area contributed by atoms with Gasteiger partial charge in [-0.2, -0.15) is 0 Å². The van der Waals surface area contributed by atoms with Gasteiger partial charge in [-0.1, -0.05) is 24.2 Å². The molecule has 0 unspecified atom stereocenters. The van der Waals surface area contributed by atoms with Crippen molar-refractivity contribution in [2.75, 3.05) is 16.8 Å². The van der Waals surface area contributed by atoms with Gasteiger partial charge in [-0.3, -0.25) is 4.79 Å². The first kappa shape index (κ1) is 16.3. The van der Waals surface area contributed by atoms with E-state index in [4.69, 9.17) is 11.6 Å². The monoisotopic (exact) mass is 363 g/mol. The minimum Gasteiger partial charge on any atom is -0.325 e. The van der Waals surface area contributed by atoms with Gasteiger partial charge in [-0.05, 0) is 30.2 Å². The number of fused-ring (bicyclic) bond motifs is 2. The molecule has 7 heteroatoms. The number of rotatable bonds is 3. The highest BCUT2D eigenvalue weighted by atomic mass is 35.5. The highest BCUT2D eigenvalue weighted by Crippen LogP contribution is 2.38. The van der Waals surface area contributed by atoms with Gasteiger partial charge in [0.15, 0.2) is 0 Å². The summed E-state index contributed by atoms with van der Waals surface area (Å²) in [7, 11) is 0. The van der Waals surface area contributed by atoms with Gasteiger partial charge in [0.1, 0.15) is 18.0 Å². The van der Waals surface area contributed by atoms with Crippen molar-refractivity contribution in [3.63, 3.8) is 0 Å². The molecule has 1 aliphatic heterocycles. The zero-order valence-corrected chi connectivity index (χ0v) is 14.5. The van der Waals surface area contributed by atoms with Crippen LogP contribution < -0.4 is 10.2 Å². The molecule has 3 aromatic rings. The Morgan fingerprint density at radius 3 is 3.04 bits per heavy atom. The van der Waals surface area contributed by atoms with E-state index < -0.39 is 0 Å². The minimum absolute atomic E-state index is 0.344. The van der Waals surface area contributed by atoms with Gasteiger partial charge in [0.2, 0.25) is 0 Å². The summed E-state index contributed by atoms with van der Waals surface area (Å²) in [5.74, 6) is 0.826. The van der Waals surface area contributed by atoms with Crippen LogP contribution in [0.15, 0.2) is 55.2 Å². The number of nitrogens with zero attached hydrogens (tertiary/aromatic N) is 4. The fraction of sp³-hybridized carbons (Fsp3) is 0.105. The second-order valence-electron chi connectivity index (χ2n) is 5.80. The lowest BCUT2D eigenvalue weighted by Gasteiger charge is -2.20. The molecule has 0 spiro atoms. The van der Waals surface area contributed by atoms with Crippen molar-refractivity contribution < 1.29 is 4.79 Å². The third-order valence-corrected chi connectivity index (χ3v) is 4.42. The molecule has 0 saturated heterocycles. The van der Waals surface area contributed by atoms with Crippen molar-refractivity contribution in [3.05, 3.63) is 65.8 Å². The number of benzene rings is 1. The molecule has 3 heterocycles. The Kier molecular flexibility index (Phi) is 4.13. The van der Waals surface area contributed by atoms with E-state index in [-0.39, 0.29) is 5.91 Å². The van der Waals surface area contributed by atoms with Crippen molar-refractivity contribution in [1.82, 2.24) is 15.0 Å². The van der Waals surface area contributed by atoms with Gasteiger partial charge in [-0.25, -0.2) is 15.0 Å². The Hall–Kier alpha value is -3.21. The molecule has 0 saturated carbocycles. The molecule has 4 rings (SSSR count). The number of aromatic nitrogens is 3. The maximum atomic E-state index is 11.7. The van der Waals surface area contributed by atoms with Gasteiger partial charge in [0, 0.05) is 28.7 Å². The van der Waals surface area contributed by atoms with Gasteiger partial charge in [-0.15, -0.1) is 5.73 Å². The molecule has 0 radical (unpaired) electrons. The largest absolute Gasteiger partial charge is 0.325 e. The van der Waals surface area contributed by atoms with E-state index in [0.29, 0.717) is 16.4 Å². The first-order chi connectivity index (χ1) is 12.7. The second kappa shape index (κ2) is 6.59. The summed E-state index contributed by atoms with van der Waals surface area (Å²) in [5, 5.41) is 4.16. The molecule has 26 heavy (non-hydrogen) atoms. The minimum atomic E-state index is -0.344. The van der Waals surface area contributed by atoms with Crippen LogP contribution in [0.5, 0.6) is 0 Å². The van der Waals surface area contributed by atoms with Crippen LogP contribution in [-0.2, 0) is 11.2 Å². The molecule has 128 valence electrons. The van der Waals surface area contributed by atoms with E-state index in [1.807, 2.05) is 18.2 Å². The Morgan fingerprint density at radius 1 is 1.31 bits per heavy atom. The number of anilines is 3. The van der Waals surface area contributed by atoms with Crippen molar-refractivity contribution in [2.45, 2.75) is 6.42 Å². The first-order valence-electron chi connectivity index (χ1n) is 7.99. The Bertz CT molecular complexity index is 1070. The molecule has 1 N–H and O–H groups in total. The van der Waals surface area contributed by atoms with Crippen LogP contribution in [0, 0.1) is 0 Å². The molecule has 0 bridgehead atoms. The number of halogens is 1. The zero-order chi connectivity index (χ0) is 18.1. The predicted molar refractivity (Wildman–Crippen MR) is 102 cm³/mol. The van der Waals surface area contributed by atoms with Crippen LogP contribution in [0.2, 0.25) is 5.02 Å². The van der Waals surface area contributed by atoms with E-state index >= 15 is 0 Å². The number of nitrogens with one attached hydrogen (secondary N) is 1. The Morgan fingerprint density at radius 2 is 2.19 bits per heavy atom. The Balaban J connectivity index is 1.80. The molecule has 6 nitrogen and oxygen atoms in total. The molecule has 1 amide bonds. The highest BCUT2D eigenvalue weighted by Gasteiger charge is 2.23. The van der Waals surface area contributed by atoms with E-state index in [0.717, 1.165) is 29.9 Å². The quantitative estimate of drug-likeness (QED) is 0.568. The normalized spacial score (nSPS) is 12.6. The summed E-state index contributed by atoms with van der Waals surface area (Å²) in [5.41, 5.74) is 5.39. The van der Waals surface area contributed by atoms with Gasteiger partial charge in [0.25, 0.3) is 5.91 Å². The van der Waals surface area contributed by atoms with Crippen molar-refractivity contribution in [1.29, 1.82) is 0 Å². The lowest BCUT2D eigenvalue weighted by molar-refractivity contribution is -0.111. The zero-order valence-electron chi connectivity index (χ0n) is 13.7. The summed E-state index contributed by atoms with van der Waals surface area (Å²) in [6.45, 7) is 4.18. The number of hydrogen-bond donors (Lipinski definition) is 1. The van der Waals surface area contributed by atoms with Crippen molar-refractivity contribution in [3.8, 4) is 0 Å². The molecular formula is C19H14ClN5O. The SMILES string of the molecule is C=C=CC(=O)Nc1cc2c(N3CCc4ccc(Cl)cc43)ncnc2cn1. The third-order valence-electron chi connectivity index (χ3n) is 4.18. The van der Waals surface area contributed by atoms with Crippen LogP contribution in [0.4, 0.5) is 17.3 Å². The molecule has 0 fully saturated rings.